The van der Waals surface area contributed by atoms with Gasteiger partial charge in [-0.25, -0.2) is 0 Å². The second-order valence-electron chi connectivity index (χ2n) is 1.99. The van der Waals surface area contributed by atoms with Crippen molar-refractivity contribution >= 4 is 15.9 Å². The van der Waals surface area contributed by atoms with Gasteiger partial charge in [-0.2, -0.15) is 0 Å². The number of hydrogen-bond acceptors (Lipinski definition) is 2. The second-order valence-corrected chi connectivity index (χ2v) is 2.49. The highest BCUT2D eigenvalue weighted by Crippen LogP contribution is 1.93. The minimum absolute atomic E-state index is 1.02. The summed E-state index contributed by atoms with van der Waals surface area (Å²) in [6.45, 7) is 4.66. The minimum atomic E-state index is 1.02. The van der Waals surface area contributed by atoms with Gasteiger partial charge in [0, 0.05) is 26.2 Å². The van der Waals surface area contributed by atoms with Crippen LogP contribution in [0, 0.1) is 0 Å². The molecule has 1 rings (SSSR count). The van der Waals surface area contributed by atoms with Crippen LogP contribution < -0.4 is 5.32 Å². The highest BCUT2D eigenvalue weighted by atomic mass is 79.9. The SMILES string of the molecule is BrCN1CCNCC1. The molecule has 1 aliphatic heterocycles. The number of nitrogens with zero attached hydrogens (tertiary/aromatic N) is 1. The van der Waals surface area contributed by atoms with E-state index in [2.05, 4.69) is 26.1 Å². The van der Waals surface area contributed by atoms with Crippen molar-refractivity contribution in [3.8, 4) is 0 Å². The Morgan fingerprint density at radius 1 is 1.38 bits per heavy atom. The smallest absolute Gasteiger partial charge is 0.0543 e. The van der Waals surface area contributed by atoms with E-state index in [0.29, 0.717) is 0 Å². The fourth-order valence-corrected chi connectivity index (χ4v) is 1.33. The Hall–Kier alpha value is 0.400. The molecule has 0 aliphatic carbocycles. The molecule has 0 bridgehead atoms. The lowest BCUT2D eigenvalue weighted by atomic mass is 10.4. The molecule has 1 aliphatic rings. The molecule has 2 nitrogen and oxygen atoms in total. The summed E-state index contributed by atoms with van der Waals surface area (Å²) in [7, 11) is 0. The van der Waals surface area contributed by atoms with E-state index in [0.717, 1.165) is 18.5 Å². The average Bonchev–Trinajstić information content (AvgIpc) is 1.90. The molecule has 1 N–H and O–H groups in total. The molecule has 0 aromatic carbocycles. The van der Waals surface area contributed by atoms with Gasteiger partial charge >= 0.3 is 0 Å². The van der Waals surface area contributed by atoms with E-state index >= 15 is 0 Å². The highest BCUT2D eigenvalue weighted by molar-refractivity contribution is 9.09. The molecular weight excluding hydrogens is 168 g/mol. The van der Waals surface area contributed by atoms with Gasteiger partial charge in [-0.15, -0.1) is 0 Å². The molecule has 0 aromatic heterocycles. The zero-order valence-electron chi connectivity index (χ0n) is 4.86. The molecule has 0 amide bonds. The number of hydrogen-bond donors (Lipinski definition) is 1. The molecule has 8 heavy (non-hydrogen) atoms. The van der Waals surface area contributed by atoms with Crippen molar-refractivity contribution in [2.45, 2.75) is 0 Å². The van der Waals surface area contributed by atoms with E-state index in [4.69, 9.17) is 0 Å². The van der Waals surface area contributed by atoms with Crippen LogP contribution in [0.5, 0.6) is 0 Å². The third kappa shape index (κ3) is 1.73. The van der Waals surface area contributed by atoms with E-state index in [1.165, 1.54) is 13.1 Å². The van der Waals surface area contributed by atoms with Crippen LogP contribution in [-0.4, -0.2) is 36.5 Å². The van der Waals surface area contributed by atoms with Crippen LogP contribution in [0.4, 0.5) is 0 Å². The van der Waals surface area contributed by atoms with Crippen LogP contribution in [0.25, 0.3) is 0 Å². The minimum Gasteiger partial charge on any atom is -0.314 e. The zero-order chi connectivity index (χ0) is 5.82. The van der Waals surface area contributed by atoms with Crippen molar-refractivity contribution in [3.05, 3.63) is 0 Å². The predicted molar refractivity (Wildman–Crippen MR) is 38.2 cm³/mol. The first kappa shape index (κ1) is 6.52. The molecule has 48 valence electrons. The molecule has 0 aromatic rings. The van der Waals surface area contributed by atoms with Gasteiger partial charge < -0.3 is 5.32 Å². The van der Waals surface area contributed by atoms with Gasteiger partial charge in [0.25, 0.3) is 0 Å². The van der Waals surface area contributed by atoms with E-state index in [1.807, 2.05) is 0 Å². The van der Waals surface area contributed by atoms with Crippen LogP contribution in [0.2, 0.25) is 0 Å². The Balaban J connectivity index is 2.13. The number of piperazine rings is 1. The third-order valence-electron chi connectivity index (χ3n) is 1.38. The average molecular weight is 179 g/mol. The van der Waals surface area contributed by atoms with Gasteiger partial charge in [-0.1, -0.05) is 15.9 Å². The van der Waals surface area contributed by atoms with Gasteiger partial charge in [-0.3, -0.25) is 4.90 Å². The lowest BCUT2D eigenvalue weighted by Gasteiger charge is -2.24. The lowest BCUT2D eigenvalue weighted by molar-refractivity contribution is 0.282. The fraction of sp³-hybridized carbons (Fsp3) is 1.00. The fourth-order valence-electron chi connectivity index (χ4n) is 0.831. The molecule has 1 fully saturated rings. The molecule has 0 unspecified atom stereocenters. The highest BCUT2D eigenvalue weighted by Gasteiger charge is 2.05. The topological polar surface area (TPSA) is 15.3 Å². The molecule has 0 atom stereocenters. The van der Waals surface area contributed by atoms with Crippen molar-refractivity contribution in [2.75, 3.05) is 31.6 Å². The summed E-state index contributed by atoms with van der Waals surface area (Å²) in [6, 6.07) is 0. The lowest BCUT2D eigenvalue weighted by Crippen LogP contribution is -2.42. The number of halogens is 1. The molecule has 1 heterocycles. The van der Waals surface area contributed by atoms with Crippen LogP contribution >= 0.6 is 15.9 Å². The zero-order valence-corrected chi connectivity index (χ0v) is 6.45. The summed E-state index contributed by atoms with van der Waals surface area (Å²) in [5.74, 6) is 0. The maximum absolute atomic E-state index is 3.41. The Kier molecular flexibility index (Phi) is 2.80. The summed E-state index contributed by atoms with van der Waals surface area (Å²) in [5, 5.41) is 3.29. The van der Waals surface area contributed by atoms with E-state index in [-0.39, 0.29) is 0 Å². The first-order valence-corrected chi connectivity index (χ1v) is 4.04. The first-order valence-electron chi connectivity index (χ1n) is 2.92. The number of nitrogens with one attached hydrogen (secondary N) is 1. The van der Waals surface area contributed by atoms with Crippen molar-refractivity contribution in [1.29, 1.82) is 0 Å². The van der Waals surface area contributed by atoms with Crippen LogP contribution in [0.3, 0.4) is 0 Å². The van der Waals surface area contributed by atoms with Crippen LogP contribution in [0.1, 0.15) is 0 Å². The van der Waals surface area contributed by atoms with Gasteiger partial charge in [0.05, 0.1) is 5.45 Å². The maximum Gasteiger partial charge on any atom is 0.0543 e. The van der Waals surface area contributed by atoms with E-state index < -0.39 is 0 Å². The molecule has 1 saturated heterocycles. The van der Waals surface area contributed by atoms with Crippen molar-refractivity contribution in [1.82, 2.24) is 10.2 Å². The molecule has 0 radical (unpaired) electrons. The molecule has 3 heteroatoms. The van der Waals surface area contributed by atoms with Gasteiger partial charge in [0.2, 0.25) is 0 Å². The van der Waals surface area contributed by atoms with Crippen molar-refractivity contribution in [2.24, 2.45) is 0 Å². The quantitative estimate of drug-likeness (QED) is 0.458. The predicted octanol–water partition coefficient (Wildman–Crippen LogP) is 0.244. The summed E-state index contributed by atoms with van der Waals surface area (Å²) in [4.78, 5) is 2.37. The normalized spacial score (nSPS) is 23.6. The van der Waals surface area contributed by atoms with Gasteiger partial charge in [0.15, 0.2) is 0 Å². The standard InChI is InChI=1S/C5H11BrN2/c6-5-8-3-1-7-2-4-8/h7H,1-5H2. The number of rotatable bonds is 1. The van der Waals surface area contributed by atoms with Crippen molar-refractivity contribution < 1.29 is 0 Å². The van der Waals surface area contributed by atoms with E-state index in [9.17, 15) is 0 Å². The summed E-state index contributed by atoms with van der Waals surface area (Å²) < 4.78 is 0. The van der Waals surface area contributed by atoms with Crippen molar-refractivity contribution in [3.63, 3.8) is 0 Å². The number of alkyl halides is 1. The van der Waals surface area contributed by atoms with Crippen LogP contribution in [0.15, 0.2) is 0 Å². The Morgan fingerprint density at radius 3 is 2.38 bits per heavy atom. The second kappa shape index (κ2) is 3.43. The summed E-state index contributed by atoms with van der Waals surface area (Å²) in [5.41, 5.74) is 1.02. The van der Waals surface area contributed by atoms with Crippen LogP contribution in [-0.2, 0) is 0 Å². The first-order chi connectivity index (χ1) is 3.93. The van der Waals surface area contributed by atoms with Gasteiger partial charge in [-0.05, 0) is 0 Å². The third-order valence-corrected chi connectivity index (χ3v) is 2.09. The van der Waals surface area contributed by atoms with Gasteiger partial charge in [0.1, 0.15) is 0 Å². The largest absolute Gasteiger partial charge is 0.314 e. The molecular formula is C5H11BrN2. The maximum atomic E-state index is 3.41. The van der Waals surface area contributed by atoms with E-state index in [1.54, 1.807) is 0 Å². The molecule has 0 saturated carbocycles. The summed E-state index contributed by atoms with van der Waals surface area (Å²) in [6.07, 6.45) is 0. The Morgan fingerprint density at radius 2 is 2.00 bits per heavy atom. The summed E-state index contributed by atoms with van der Waals surface area (Å²) >= 11 is 3.41. The monoisotopic (exact) mass is 178 g/mol. The Labute approximate surface area is 58.4 Å². The Bertz CT molecular complexity index is 61.4. The molecule has 0 spiro atoms.